The molecule has 11 heteroatoms. The normalized spacial score (nSPS) is 17.0. The Hall–Kier alpha value is -3.60. The van der Waals surface area contributed by atoms with Gasteiger partial charge in [0.1, 0.15) is 12.3 Å². The van der Waals surface area contributed by atoms with Gasteiger partial charge in [0, 0.05) is 51.1 Å². The van der Waals surface area contributed by atoms with E-state index in [1.807, 2.05) is 42.2 Å². The van der Waals surface area contributed by atoms with Crippen molar-refractivity contribution in [3.05, 3.63) is 36.2 Å². The molecule has 0 bridgehead atoms. The number of amides is 3. The zero-order valence-electron chi connectivity index (χ0n) is 19.3. The van der Waals surface area contributed by atoms with Crippen molar-refractivity contribution in [2.45, 2.75) is 26.2 Å². The van der Waals surface area contributed by atoms with E-state index >= 15 is 0 Å². The molecule has 0 saturated carbocycles. The van der Waals surface area contributed by atoms with E-state index in [9.17, 15) is 14.4 Å². The fourth-order valence-electron chi connectivity index (χ4n) is 3.83. The van der Waals surface area contributed by atoms with Crippen molar-refractivity contribution in [3.63, 3.8) is 0 Å². The largest absolute Gasteiger partial charge is 0.355 e. The number of hydrazone groups is 1. The molecule has 0 radical (unpaired) electrons. The van der Waals surface area contributed by atoms with Crippen LogP contribution in [0.2, 0.25) is 0 Å². The maximum Gasteiger partial charge on any atom is 0.274 e. The lowest BCUT2D eigenvalue weighted by molar-refractivity contribution is -0.142. The van der Waals surface area contributed by atoms with Crippen LogP contribution in [0.5, 0.6) is 0 Å². The van der Waals surface area contributed by atoms with Crippen molar-refractivity contribution < 1.29 is 18.9 Å². The van der Waals surface area contributed by atoms with Gasteiger partial charge in [-0.05, 0) is 6.42 Å². The standard InChI is InChI=1S/C23H29N7O4/c1-2-10-24-19(31)15-28-11-13-29(14-12-28)21(33)16-30-20(32)9-8-18(26-30)23-25-22(27-34-23)17-6-4-3-5-7-17/h3-7H,2,8-16H2,1H3,(H,24,31). The van der Waals surface area contributed by atoms with E-state index in [2.05, 4.69) is 20.6 Å². The lowest BCUT2D eigenvalue weighted by atomic mass is 10.1. The van der Waals surface area contributed by atoms with Gasteiger partial charge < -0.3 is 14.7 Å². The van der Waals surface area contributed by atoms with Crippen LogP contribution >= 0.6 is 0 Å². The van der Waals surface area contributed by atoms with Crippen molar-refractivity contribution in [2.24, 2.45) is 5.10 Å². The molecule has 1 N–H and O–H groups in total. The predicted molar refractivity (Wildman–Crippen MR) is 124 cm³/mol. The second-order valence-corrected chi connectivity index (χ2v) is 8.29. The van der Waals surface area contributed by atoms with Gasteiger partial charge in [0.05, 0.1) is 6.54 Å². The molecule has 1 aromatic carbocycles. The Morgan fingerprint density at radius 3 is 2.56 bits per heavy atom. The summed E-state index contributed by atoms with van der Waals surface area (Å²) in [5.74, 6) is 0.298. The summed E-state index contributed by atoms with van der Waals surface area (Å²) < 4.78 is 5.37. The smallest absolute Gasteiger partial charge is 0.274 e. The number of nitrogens with zero attached hydrogens (tertiary/aromatic N) is 6. The van der Waals surface area contributed by atoms with Crippen molar-refractivity contribution in [3.8, 4) is 11.4 Å². The van der Waals surface area contributed by atoms with Gasteiger partial charge in [0.15, 0.2) is 0 Å². The molecule has 1 fully saturated rings. The second kappa shape index (κ2) is 11.0. The van der Waals surface area contributed by atoms with Crippen molar-refractivity contribution >= 4 is 23.4 Å². The van der Waals surface area contributed by atoms with Gasteiger partial charge in [-0.3, -0.25) is 19.3 Å². The average molecular weight is 468 g/mol. The molecule has 3 amide bonds. The van der Waals surface area contributed by atoms with E-state index in [-0.39, 0.29) is 36.6 Å². The minimum absolute atomic E-state index is 0.00106. The summed E-state index contributed by atoms with van der Waals surface area (Å²) in [4.78, 5) is 45.3. The molecule has 34 heavy (non-hydrogen) atoms. The number of hydrogen-bond donors (Lipinski definition) is 1. The quantitative estimate of drug-likeness (QED) is 0.607. The molecular formula is C23H29N7O4. The number of benzene rings is 1. The Morgan fingerprint density at radius 1 is 1.06 bits per heavy atom. The predicted octanol–water partition coefficient (Wildman–Crippen LogP) is 0.734. The molecule has 1 saturated heterocycles. The maximum absolute atomic E-state index is 12.8. The fraction of sp³-hybridized carbons (Fsp3) is 0.478. The summed E-state index contributed by atoms with van der Waals surface area (Å²) in [6.45, 7) is 5.09. The first kappa shape index (κ1) is 23.6. The molecule has 2 aliphatic heterocycles. The van der Waals surface area contributed by atoms with Crippen LogP contribution in [0.25, 0.3) is 11.4 Å². The van der Waals surface area contributed by atoms with Crippen molar-refractivity contribution in [2.75, 3.05) is 45.8 Å². The maximum atomic E-state index is 12.8. The van der Waals surface area contributed by atoms with Crippen LogP contribution in [-0.4, -0.2) is 94.2 Å². The van der Waals surface area contributed by atoms with Crippen LogP contribution in [0, 0.1) is 0 Å². The summed E-state index contributed by atoms with van der Waals surface area (Å²) in [5, 5.41) is 12.4. The summed E-state index contributed by atoms with van der Waals surface area (Å²) in [6, 6.07) is 9.43. The molecule has 0 unspecified atom stereocenters. The van der Waals surface area contributed by atoms with Gasteiger partial charge in [0.25, 0.3) is 5.89 Å². The molecule has 11 nitrogen and oxygen atoms in total. The third-order valence-corrected chi connectivity index (χ3v) is 5.76. The van der Waals surface area contributed by atoms with Gasteiger partial charge in [-0.15, -0.1) is 0 Å². The van der Waals surface area contributed by atoms with Crippen LogP contribution in [0.3, 0.4) is 0 Å². The highest BCUT2D eigenvalue weighted by Gasteiger charge is 2.29. The van der Waals surface area contributed by atoms with E-state index in [1.165, 1.54) is 5.01 Å². The number of carbonyl (C=O) groups excluding carboxylic acids is 3. The number of carbonyl (C=O) groups is 3. The summed E-state index contributed by atoms with van der Waals surface area (Å²) in [5.41, 5.74) is 1.31. The lowest BCUT2D eigenvalue weighted by Crippen LogP contribution is -2.53. The van der Waals surface area contributed by atoms with Gasteiger partial charge >= 0.3 is 0 Å². The Balaban J connectivity index is 1.33. The van der Waals surface area contributed by atoms with Crippen LogP contribution in [0.4, 0.5) is 0 Å². The molecule has 0 aliphatic carbocycles. The van der Waals surface area contributed by atoms with E-state index in [4.69, 9.17) is 4.52 Å². The molecule has 3 heterocycles. The van der Waals surface area contributed by atoms with Gasteiger partial charge in [-0.1, -0.05) is 42.4 Å². The zero-order valence-corrected chi connectivity index (χ0v) is 19.3. The topological polar surface area (TPSA) is 124 Å². The fourth-order valence-corrected chi connectivity index (χ4v) is 3.83. The summed E-state index contributed by atoms with van der Waals surface area (Å²) in [7, 11) is 0. The molecule has 2 aliphatic rings. The molecule has 180 valence electrons. The first-order chi connectivity index (χ1) is 16.5. The van der Waals surface area contributed by atoms with Gasteiger partial charge in [-0.25, -0.2) is 5.01 Å². The molecule has 4 rings (SSSR count). The number of piperazine rings is 1. The number of aromatic nitrogens is 2. The Labute approximate surface area is 197 Å². The van der Waals surface area contributed by atoms with E-state index < -0.39 is 0 Å². The Bertz CT molecular complexity index is 1040. The van der Waals surface area contributed by atoms with Crippen LogP contribution < -0.4 is 5.32 Å². The highest BCUT2D eigenvalue weighted by molar-refractivity contribution is 6.01. The van der Waals surface area contributed by atoms with E-state index in [1.54, 1.807) is 4.90 Å². The zero-order chi connectivity index (χ0) is 23.9. The third kappa shape index (κ3) is 5.84. The van der Waals surface area contributed by atoms with E-state index in [0.29, 0.717) is 57.2 Å². The van der Waals surface area contributed by atoms with Crippen molar-refractivity contribution in [1.29, 1.82) is 0 Å². The van der Waals surface area contributed by atoms with Gasteiger partial charge in [0.2, 0.25) is 23.5 Å². The molecule has 0 atom stereocenters. The Morgan fingerprint density at radius 2 is 1.82 bits per heavy atom. The molecular weight excluding hydrogens is 438 g/mol. The molecule has 0 spiro atoms. The SMILES string of the molecule is CCCNC(=O)CN1CCN(C(=O)CN2N=C(c3nc(-c4ccccc4)no3)CCC2=O)CC1. The van der Waals surface area contributed by atoms with Gasteiger partial charge in [-0.2, -0.15) is 10.1 Å². The van der Waals surface area contributed by atoms with Crippen molar-refractivity contribution in [1.82, 2.24) is 30.3 Å². The number of hydrogen-bond acceptors (Lipinski definition) is 8. The monoisotopic (exact) mass is 467 g/mol. The number of nitrogens with one attached hydrogen (secondary N) is 1. The van der Waals surface area contributed by atoms with E-state index in [0.717, 1.165) is 12.0 Å². The lowest BCUT2D eigenvalue weighted by Gasteiger charge is -2.35. The Kier molecular flexibility index (Phi) is 7.63. The van der Waals surface area contributed by atoms with Crippen LogP contribution in [-0.2, 0) is 14.4 Å². The number of rotatable bonds is 8. The highest BCUT2D eigenvalue weighted by atomic mass is 16.5. The molecule has 2 aromatic rings. The van der Waals surface area contributed by atoms with Crippen LogP contribution in [0.15, 0.2) is 40.0 Å². The minimum Gasteiger partial charge on any atom is -0.355 e. The first-order valence-corrected chi connectivity index (χ1v) is 11.6. The highest BCUT2D eigenvalue weighted by Crippen LogP contribution is 2.19. The summed E-state index contributed by atoms with van der Waals surface area (Å²) in [6.07, 6.45) is 1.49. The van der Waals surface area contributed by atoms with Crippen LogP contribution in [0.1, 0.15) is 32.1 Å². The molecule has 1 aromatic heterocycles. The first-order valence-electron chi connectivity index (χ1n) is 11.6. The average Bonchev–Trinajstić information content (AvgIpc) is 3.35. The minimum atomic E-state index is -0.217. The second-order valence-electron chi connectivity index (χ2n) is 8.29. The summed E-state index contributed by atoms with van der Waals surface area (Å²) >= 11 is 0. The third-order valence-electron chi connectivity index (χ3n) is 5.76.